The van der Waals surface area contributed by atoms with Gasteiger partial charge in [-0.1, -0.05) is 164 Å². The molecule has 0 heterocycles. The Balaban J connectivity index is 4.43. The lowest BCUT2D eigenvalue weighted by Gasteiger charge is -2.26. The first-order valence-electron chi connectivity index (χ1n) is 24.6. The van der Waals surface area contributed by atoms with Gasteiger partial charge in [0.15, 0.2) is 12.4 Å². The van der Waals surface area contributed by atoms with E-state index in [1.54, 1.807) is 0 Å². The van der Waals surface area contributed by atoms with Crippen LogP contribution in [-0.2, 0) is 33.3 Å². The summed E-state index contributed by atoms with van der Waals surface area (Å²) in [4.78, 5) is 37.1. The molecule has 0 N–H and O–H groups in total. The van der Waals surface area contributed by atoms with E-state index in [0.717, 1.165) is 103 Å². The van der Waals surface area contributed by atoms with Crippen molar-refractivity contribution in [1.82, 2.24) is 0 Å². The molecule has 356 valence electrons. The number of carboxylic acid groups (broad SMARTS) is 1. The number of carbonyl (C=O) groups excluding carboxylic acids is 3. The number of allylic oxidation sites excluding steroid dienone is 12. The van der Waals surface area contributed by atoms with Crippen LogP contribution in [0.1, 0.15) is 187 Å². The number of rotatable bonds is 44. The van der Waals surface area contributed by atoms with Gasteiger partial charge in [0.1, 0.15) is 13.2 Å². The molecule has 2 atom stereocenters. The van der Waals surface area contributed by atoms with Gasteiger partial charge in [-0.25, -0.2) is 0 Å². The lowest BCUT2D eigenvalue weighted by atomic mass is 10.1. The van der Waals surface area contributed by atoms with Crippen molar-refractivity contribution in [3.05, 3.63) is 72.9 Å². The Morgan fingerprint density at radius 1 is 0.500 bits per heavy atom. The topological polar surface area (TPSA) is 111 Å². The maximum atomic E-state index is 12.8. The molecule has 0 spiro atoms. The molecule has 62 heavy (non-hydrogen) atoms. The molecule has 0 aromatic carbocycles. The quantitative estimate of drug-likeness (QED) is 0.0196. The second-order valence-corrected chi connectivity index (χ2v) is 17.4. The molecule has 0 saturated heterocycles. The SMILES string of the molecule is CC/C=C\C/C=C\C/C=C\C/C=C\CCCCCCCCC(=O)OC(COC(=O)CCCCCCCCC/C=C\C/C=C\CCCCCC)COC(OCC[N+](C)(C)C)C(=O)[O-]. The highest BCUT2D eigenvalue weighted by Gasteiger charge is 2.21. The van der Waals surface area contributed by atoms with Crippen molar-refractivity contribution in [1.29, 1.82) is 0 Å². The summed E-state index contributed by atoms with van der Waals surface area (Å²) in [5.74, 6) is -2.32. The minimum atomic E-state index is -1.63. The van der Waals surface area contributed by atoms with E-state index < -0.39 is 24.3 Å². The molecular weight excluding hydrogens is 779 g/mol. The van der Waals surface area contributed by atoms with Gasteiger partial charge in [0.2, 0.25) is 0 Å². The minimum absolute atomic E-state index is 0.140. The van der Waals surface area contributed by atoms with Crippen LogP contribution in [0.4, 0.5) is 0 Å². The van der Waals surface area contributed by atoms with Gasteiger partial charge in [-0.15, -0.1) is 0 Å². The fraction of sp³-hybridized carbons (Fsp3) is 0.717. The van der Waals surface area contributed by atoms with E-state index in [4.69, 9.17) is 18.9 Å². The molecule has 0 rings (SSSR count). The monoisotopic (exact) mass is 870 g/mol. The number of unbranched alkanes of at least 4 members (excludes halogenated alkanes) is 17. The van der Waals surface area contributed by atoms with Crippen LogP contribution in [0.3, 0.4) is 0 Å². The lowest BCUT2D eigenvalue weighted by molar-refractivity contribution is -0.870. The molecule has 0 aliphatic heterocycles. The summed E-state index contributed by atoms with van der Waals surface area (Å²) in [5, 5.41) is 11.7. The van der Waals surface area contributed by atoms with Gasteiger partial charge < -0.3 is 33.3 Å². The van der Waals surface area contributed by atoms with Crippen molar-refractivity contribution in [3.63, 3.8) is 0 Å². The normalized spacial score (nSPS) is 13.5. The molecule has 0 aromatic heterocycles. The van der Waals surface area contributed by atoms with Crippen LogP contribution in [-0.4, -0.2) is 82.3 Å². The van der Waals surface area contributed by atoms with E-state index in [2.05, 4.69) is 86.8 Å². The van der Waals surface area contributed by atoms with Crippen LogP contribution in [0.25, 0.3) is 0 Å². The van der Waals surface area contributed by atoms with E-state index in [9.17, 15) is 19.5 Å². The van der Waals surface area contributed by atoms with E-state index in [-0.39, 0.29) is 38.6 Å². The molecule has 0 radical (unpaired) electrons. The van der Waals surface area contributed by atoms with Gasteiger partial charge in [0.25, 0.3) is 0 Å². The maximum Gasteiger partial charge on any atom is 0.306 e. The third kappa shape index (κ3) is 44.8. The number of quaternary nitrogens is 1. The summed E-state index contributed by atoms with van der Waals surface area (Å²) >= 11 is 0. The molecule has 0 aliphatic rings. The Morgan fingerprint density at radius 3 is 1.37 bits per heavy atom. The van der Waals surface area contributed by atoms with Crippen LogP contribution in [0.15, 0.2) is 72.9 Å². The average Bonchev–Trinajstić information content (AvgIpc) is 3.23. The fourth-order valence-electron chi connectivity index (χ4n) is 6.38. The second kappa shape index (κ2) is 44.3. The Bertz CT molecular complexity index is 1240. The third-order valence-corrected chi connectivity index (χ3v) is 10.2. The van der Waals surface area contributed by atoms with Crippen molar-refractivity contribution < 1.29 is 42.9 Å². The maximum absolute atomic E-state index is 12.8. The number of nitrogens with zero attached hydrogens (tertiary/aromatic N) is 1. The first-order chi connectivity index (χ1) is 30.1. The summed E-state index contributed by atoms with van der Waals surface area (Å²) in [7, 11) is 5.90. The number of hydrogen-bond acceptors (Lipinski definition) is 8. The molecule has 0 bridgehead atoms. The largest absolute Gasteiger partial charge is 0.545 e. The lowest BCUT2D eigenvalue weighted by Crippen LogP contribution is -2.44. The fourth-order valence-corrected chi connectivity index (χ4v) is 6.38. The van der Waals surface area contributed by atoms with Gasteiger partial charge in [0.05, 0.1) is 40.3 Å². The Labute approximate surface area is 379 Å². The Morgan fingerprint density at radius 2 is 0.919 bits per heavy atom. The van der Waals surface area contributed by atoms with Crippen LogP contribution in [0, 0.1) is 0 Å². The van der Waals surface area contributed by atoms with Crippen LogP contribution < -0.4 is 5.11 Å². The van der Waals surface area contributed by atoms with Crippen molar-refractivity contribution in [2.75, 3.05) is 47.5 Å². The third-order valence-electron chi connectivity index (χ3n) is 10.2. The first-order valence-corrected chi connectivity index (χ1v) is 24.6. The number of carbonyl (C=O) groups is 3. The zero-order valence-corrected chi connectivity index (χ0v) is 40.2. The standard InChI is InChI=1S/C53H91NO8/c1-6-8-10-12-14-16-18-20-22-24-26-28-30-32-34-36-38-40-42-44-51(56)62-49(48-61-53(52(57)58)59-46-45-54(3,4)5)47-60-50(55)43-41-39-37-35-33-31-29-27-25-23-21-19-17-15-13-11-9-7-2/h8,10,14,16-17,19-20,22-23,25-26,28,49,53H,6-7,9,11-13,15,18,21,24,27,29-48H2,1-5H3/b10-8-,16-14-,19-17-,22-20-,25-23-,28-26-. The number of esters is 2. The van der Waals surface area contributed by atoms with Crippen LogP contribution in [0.2, 0.25) is 0 Å². The molecular formula is C53H91NO8. The van der Waals surface area contributed by atoms with Crippen molar-refractivity contribution in [2.45, 2.75) is 200 Å². The Kier molecular flexibility index (Phi) is 42.0. The predicted molar refractivity (Wildman–Crippen MR) is 255 cm³/mol. The summed E-state index contributed by atoms with van der Waals surface area (Å²) in [6.07, 6.45) is 52.1. The zero-order valence-electron chi connectivity index (χ0n) is 40.2. The number of aliphatic carboxylic acids is 1. The predicted octanol–water partition coefficient (Wildman–Crippen LogP) is 12.2. The molecule has 9 nitrogen and oxygen atoms in total. The van der Waals surface area contributed by atoms with Crippen molar-refractivity contribution in [2.24, 2.45) is 0 Å². The van der Waals surface area contributed by atoms with Gasteiger partial charge in [0, 0.05) is 12.8 Å². The molecule has 0 aliphatic carbocycles. The summed E-state index contributed by atoms with van der Waals surface area (Å²) in [6, 6.07) is 0. The molecule has 9 heteroatoms. The van der Waals surface area contributed by atoms with Gasteiger partial charge in [-0.3, -0.25) is 9.59 Å². The van der Waals surface area contributed by atoms with Gasteiger partial charge in [-0.2, -0.15) is 0 Å². The highest BCUT2D eigenvalue weighted by atomic mass is 16.7. The summed E-state index contributed by atoms with van der Waals surface area (Å²) in [5.41, 5.74) is 0. The molecule has 2 unspecified atom stereocenters. The van der Waals surface area contributed by atoms with Crippen molar-refractivity contribution in [3.8, 4) is 0 Å². The number of carboxylic acids is 1. The van der Waals surface area contributed by atoms with Gasteiger partial charge in [-0.05, 0) is 83.5 Å². The van der Waals surface area contributed by atoms with Crippen molar-refractivity contribution >= 4 is 17.9 Å². The Hall–Kier alpha value is -3.27. The zero-order chi connectivity index (χ0) is 45.6. The van der Waals surface area contributed by atoms with E-state index in [1.807, 2.05) is 21.1 Å². The molecule has 0 amide bonds. The summed E-state index contributed by atoms with van der Waals surface area (Å²) < 4.78 is 22.6. The first kappa shape index (κ1) is 58.7. The van der Waals surface area contributed by atoms with Crippen LogP contribution in [0.5, 0.6) is 0 Å². The highest BCUT2D eigenvalue weighted by Crippen LogP contribution is 2.13. The minimum Gasteiger partial charge on any atom is -0.545 e. The molecule has 0 saturated carbocycles. The molecule has 0 fully saturated rings. The van der Waals surface area contributed by atoms with E-state index in [1.165, 1.54) is 51.4 Å². The number of hydrogen-bond donors (Lipinski definition) is 0. The second-order valence-electron chi connectivity index (χ2n) is 17.4. The number of ether oxygens (including phenoxy) is 4. The average molecular weight is 870 g/mol. The molecule has 0 aromatic rings. The van der Waals surface area contributed by atoms with Crippen LogP contribution >= 0.6 is 0 Å². The van der Waals surface area contributed by atoms with E-state index in [0.29, 0.717) is 17.4 Å². The van der Waals surface area contributed by atoms with E-state index >= 15 is 0 Å². The smallest absolute Gasteiger partial charge is 0.306 e. The van der Waals surface area contributed by atoms with Gasteiger partial charge >= 0.3 is 11.9 Å². The highest BCUT2D eigenvalue weighted by molar-refractivity contribution is 5.70. The summed E-state index contributed by atoms with van der Waals surface area (Å²) in [6.45, 7) is 4.58. The number of likely N-dealkylation sites (N-methyl/N-ethyl adjacent to an activating group) is 1.